The second-order valence-corrected chi connectivity index (χ2v) is 5.57. The molecule has 1 aliphatic rings. The van der Waals surface area contributed by atoms with Crippen LogP contribution in [0.5, 0.6) is 5.75 Å². The third kappa shape index (κ3) is 3.16. The fourth-order valence-corrected chi connectivity index (χ4v) is 2.99. The van der Waals surface area contributed by atoms with Crippen LogP contribution in [0.4, 0.5) is 5.82 Å². The molecule has 1 aliphatic heterocycles. The first-order valence-corrected chi connectivity index (χ1v) is 7.34. The maximum atomic E-state index is 5.90. The van der Waals surface area contributed by atoms with Crippen molar-refractivity contribution in [1.29, 1.82) is 0 Å². The first kappa shape index (κ1) is 13.9. The van der Waals surface area contributed by atoms with Gasteiger partial charge >= 0.3 is 0 Å². The lowest BCUT2D eigenvalue weighted by atomic mass is 9.87. The predicted molar refractivity (Wildman–Crippen MR) is 84.3 cm³/mol. The van der Waals surface area contributed by atoms with Crippen molar-refractivity contribution in [2.75, 3.05) is 19.4 Å². The number of likely N-dealkylation sites (N-methyl/N-ethyl adjacent to an activating group) is 1. The molecule has 0 bridgehead atoms. The Hall–Kier alpha value is -2.07. The first-order chi connectivity index (χ1) is 10.3. The molecule has 2 aromatic rings. The molecule has 0 amide bonds. The molecule has 0 saturated carbocycles. The summed E-state index contributed by atoms with van der Waals surface area (Å²) in [6, 6.07) is 12.6. The molecule has 0 aliphatic carbocycles. The zero-order chi connectivity index (χ0) is 14.7. The Morgan fingerprint density at radius 3 is 3.05 bits per heavy atom. The van der Waals surface area contributed by atoms with Crippen LogP contribution in [-0.4, -0.2) is 24.7 Å². The van der Waals surface area contributed by atoms with E-state index in [-0.39, 0.29) is 0 Å². The number of aromatic nitrogens is 1. The molecule has 0 saturated heterocycles. The molecule has 2 unspecified atom stereocenters. The van der Waals surface area contributed by atoms with Crippen molar-refractivity contribution in [3.63, 3.8) is 0 Å². The van der Waals surface area contributed by atoms with E-state index in [9.17, 15) is 0 Å². The average molecular weight is 283 g/mol. The average Bonchev–Trinajstić information content (AvgIpc) is 2.52. The molecule has 1 aromatic carbocycles. The third-order valence-electron chi connectivity index (χ3n) is 4.15. The summed E-state index contributed by atoms with van der Waals surface area (Å²) in [4.78, 5) is 4.05. The Bertz CT molecular complexity index is 614. The van der Waals surface area contributed by atoms with Gasteiger partial charge in [-0.15, -0.1) is 0 Å². The smallest absolute Gasteiger partial charge is 0.123 e. The lowest BCUT2D eigenvalue weighted by Crippen LogP contribution is -2.41. The number of para-hydroxylation sites is 1. The Morgan fingerprint density at radius 1 is 1.38 bits per heavy atom. The predicted octanol–water partition coefficient (Wildman–Crippen LogP) is 2.05. The highest BCUT2D eigenvalue weighted by atomic mass is 16.5. The van der Waals surface area contributed by atoms with Crippen molar-refractivity contribution in [2.24, 2.45) is 5.92 Å². The van der Waals surface area contributed by atoms with Crippen LogP contribution in [0.3, 0.4) is 0 Å². The van der Waals surface area contributed by atoms with E-state index >= 15 is 0 Å². The van der Waals surface area contributed by atoms with Gasteiger partial charge in [-0.1, -0.05) is 18.2 Å². The molecular weight excluding hydrogens is 262 g/mol. The molecule has 2 atom stereocenters. The minimum absolute atomic E-state index is 0.361. The van der Waals surface area contributed by atoms with Crippen molar-refractivity contribution in [3.8, 4) is 5.75 Å². The molecule has 3 N–H and O–H groups in total. The Morgan fingerprint density at radius 2 is 2.24 bits per heavy atom. The van der Waals surface area contributed by atoms with E-state index in [4.69, 9.17) is 10.5 Å². The molecule has 0 fully saturated rings. The van der Waals surface area contributed by atoms with Crippen molar-refractivity contribution in [3.05, 3.63) is 53.7 Å². The lowest BCUT2D eigenvalue weighted by molar-refractivity contribution is 0.187. The fraction of sp³-hybridized carbons (Fsp3) is 0.353. The molecule has 1 aromatic heterocycles. The van der Waals surface area contributed by atoms with Crippen LogP contribution in [0.25, 0.3) is 0 Å². The quantitative estimate of drug-likeness (QED) is 0.901. The number of hydrogen-bond acceptors (Lipinski definition) is 4. The maximum absolute atomic E-state index is 5.90. The lowest BCUT2D eigenvalue weighted by Gasteiger charge is -2.31. The van der Waals surface area contributed by atoms with Crippen LogP contribution in [0.1, 0.15) is 11.1 Å². The van der Waals surface area contributed by atoms with Crippen molar-refractivity contribution >= 4 is 5.82 Å². The fourth-order valence-electron chi connectivity index (χ4n) is 2.99. The van der Waals surface area contributed by atoms with Gasteiger partial charge in [0, 0.05) is 18.2 Å². The van der Waals surface area contributed by atoms with Gasteiger partial charge < -0.3 is 15.8 Å². The van der Waals surface area contributed by atoms with Gasteiger partial charge in [0.05, 0.1) is 6.61 Å². The zero-order valence-electron chi connectivity index (χ0n) is 12.3. The van der Waals surface area contributed by atoms with E-state index in [1.807, 2.05) is 31.3 Å². The monoisotopic (exact) mass is 283 g/mol. The molecule has 4 heteroatoms. The third-order valence-corrected chi connectivity index (χ3v) is 4.15. The summed E-state index contributed by atoms with van der Waals surface area (Å²) in [7, 11) is 2.01. The summed E-state index contributed by atoms with van der Waals surface area (Å²) in [5, 5.41) is 3.43. The number of benzene rings is 1. The van der Waals surface area contributed by atoms with Crippen LogP contribution in [0, 0.1) is 5.92 Å². The van der Waals surface area contributed by atoms with Crippen molar-refractivity contribution < 1.29 is 4.74 Å². The second-order valence-electron chi connectivity index (χ2n) is 5.57. The molecule has 4 nitrogen and oxygen atoms in total. The number of nitrogens with zero attached hydrogens (tertiary/aromatic N) is 1. The van der Waals surface area contributed by atoms with E-state index < -0.39 is 0 Å². The Labute approximate surface area is 125 Å². The number of fused-ring (bicyclic) bond motifs is 1. The molecular formula is C17H21N3O. The maximum Gasteiger partial charge on any atom is 0.123 e. The van der Waals surface area contributed by atoms with Crippen molar-refractivity contribution in [2.45, 2.75) is 18.9 Å². The van der Waals surface area contributed by atoms with E-state index in [0.717, 1.165) is 25.2 Å². The van der Waals surface area contributed by atoms with E-state index in [1.165, 1.54) is 11.1 Å². The Balaban J connectivity index is 1.73. The number of nitrogens with two attached hydrogens (primary N) is 1. The number of pyridine rings is 1. The van der Waals surface area contributed by atoms with Gasteiger partial charge in [-0.2, -0.15) is 0 Å². The van der Waals surface area contributed by atoms with E-state index in [1.54, 1.807) is 6.20 Å². The van der Waals surface area contributed by atoms with Gasteiger partial charge in [-0.3, -0.25) is 0 Å². The molecule has 0 radical (unpaired) electrons. The summed E-state index contributed by atoms with van der Waals surface area (Å²) < 4.78 is 5.90. The summed E-state index contributed by atoms with van der Waals surface area (Å²) in [5.41, 5.74) is 8.26. The number of ether oxygens (including phenoxy) is 1. The number of hydrogen-bond donors (Lipinski definition) is 2. The van der Waals surface area contributed by atoms with Gasteiger partial charge in [0.15, 0.2) is 0 Å². The van der Waals surface area contributed by atoms with Gasteiger partial charge in [-0.25, -0.2) is 4.98 Å². The molecule has 21 heavy (non-hydrogen) atoms. The van der Waals surface area contributed by atoms with Crippen LogP contribution < -0.4 is 15.8 Å². The number of anilines is 1. The van der Waals surface area contributed by atoms with Crippen LogP contribution >= 0.6 is 0 Å². The minimum Gasteiger partial charge on any atom is -0.493 e. The minimum atomic E-state index is 0.361. The largest absolute Gasteiger partial charge is 0.493 e. The SMILES string of the molecule is CNC(Cc1ccnc(N)c1)C1COc2ccccc2C1. The highest BCUT2D eigenvalue weighted by Crippen LogP contribution is 2.29. The highest BCUT2D eigenvalue weighted by molar-refractivity contribution is 5.36. The number of rotatable bonds is 4. The van der Waals surface area contributed by atoms with E-state index in [0.29, 0.717) is 17.8 Å². The molecule has 110 valence electrons. The number of nitrogen functional groups attached to an aromatic ring is 1. The number of nitrogens with one attached hydrogen (secondary N) is 1. The normalized spacial score (nSPS) is 18.6. The summed E-state index contributed by atoms with van der Waals surface area (Å²) in [5.74, 6) is 2.06. The van der Waals surface area contributed by atoms with Gasteiger partial charge in [0.25, 0.3) is 0 Å². The highest BCUT2D eigenvalue weighted by Gasteiger charge is 2.26. The summed E-state index contributed by atoms with van der Waals surface area (Å²) in [6.45, 7) is 0.753. The van der Waals surface area contributed by atoms with Crippen LogP contribution in [-0.2, 0) is 12.8 Å². The topological polar surface area (TPSA) is 60.2 Å². The van der Waals surface area contributed by atoms with Crippen LogP contribution in [0.15, 0.2) is 42.6 Å². The summed E-state index contributed by atoms with van der Waals surface area (Å²) >= 11 is 0. The zero-order valence-corrected chi connectivity index (χ0v) is 12.3. The molecule has 0 spiro atoms. The van der Waals surface area contributed by atoms with Crippen molar-refractivity contribution in [1.82, 2.24) is 10.3 Å². The summed E-state index contributed by atoms with van der Waals surface area (Å²) in [6.07, 6.45) is 3.74. The Kier molecular flexibility index (Phi) is 4.06. The van der Waals surface area contributed by atoms with Gasteiger partial charge in [0.2, 0.25) is 0 Å². The molecule has 2 heterocycles. The molecule has 3 rings (SSSR count). The van der Waals surface area contributed by atoms with E-state index in [2.05, 4.69) is 22.4 Å². The van der Waals surface area contributed by atoms with Gasteiger partial charge in [-0.05, 0) is 49.2 Å². The van der Waals surface area contributed by atoms with Gasteiger partial charge in [0.1, 0.15) is 11.6 Å². The standard InChI is InChI=1S/C17H21N3O/c1-19-15(8-12-6-7-20-17(18)9-12)14-10-13-4-2-3-5-16(13)21-11-14/h2-7,9,14-15,19H,8,10-11H2,1H3,(H2,18,20). The van der Waals surface area contributed by atoms with Crippen LogP contribution in [0.2, 0.25) is 0 Å². The first-order valence-electron chi connectivity index (χ1n) is 7.34. The second kappa shape index (κ2) is 6.14.